The maximum atomic E-state index is 13.3. The van der Waals surface area contributed by atoms with E-state index in [-0.39, 0.29) is 11.9 Å². The van der Waals surface area contributed by atoms with E-state index in [4.69, 9.17) is 14.2 Å². The molecule has 11 nitrogen and oxygen atoms in total. The van der Waals surface area contributed by atoms with E-state index in [0.717, 1.165) is 0 Å². The Morgan fingerprint density at radius 1 is 1.05 bits per heavy atom. The van der Waals surface area contributed by atoms with E-state index in [1.807, 2.05) is 6.07 Å². The van der Waals surface area contributed by atoms with Gasteiger partial charge >= 0.3 is 6.09 Å². The monoisotopic (exact) mass is 506 g/mol. The minimum atomic E-state index is -0.678. The summed E-state index contributed by atoms with van der Waals surface area (Å²) in [6.45, 7) is 5.37. The summed E-state index contributed by atoms with van der Waals surface area (Å²) >= 11 is 0. The maximum absolute atomic E-state index is 13.3. The lowest BCUT2D eigenvalue weighted by Gasteiger charge is -2.32. The van der Waals surface area contributed by atoms with Gasteiger partial charge in [-0.3, -0.25) is 15.0 Å². The zero-order chi connectivity index (χ0) is 26.7. The van der Waals surface area contributed by atoms with Crippen molar-refractivity contribution in [2.75, 3.05) is 42.1 Å². The highest BCUT2D eigenvalue weighted by Crippen LogP contribution is 2.37. The van der Waals surface area contributed by atoms with Gasteiger partial charge in [-0.1, -0.05) is 12.1 Å². The Balaban J connectivity index is 1.57. The molecule has 11 heteroatoms. The van der Waals surface area contributed by atoms with Crippen molar-refractivity contribution in [3.63, 3.8) is 0 Å². The molecule has 1 unspecified atom stereocenters. The molecule has 37 heavy (non-hydrogen) atoms. The molecule has 4 rings (SSSR count). The van der Waals surface area contributed by atoms with Crippen LogP contribution < -0.4 is 30.3 Å². The summed E-state index contributed by atoms with van der Waals surface area (Å²) < 4.78 is 16.0. The summed E-state index contributed by atoms with van der Waals surface area (Å²) in [4.78, 5) is 36.0. The lowest BCUT2D eigenvalue weighted by Crippen LogP contribution is -2.40. The average molecular weight is 507 g/mol. The van der Waals surface area contributed by atoms with E-state index in [1.54, 1.807) is 84.6 Å². The van der Waals surface area contributed by atoms with Crippen molar-refractivity contribution in [1.29, 1.82) is 0 Å². The summed E-state index contributed by atoms with van der Waals surface area (Å²) in [6, 6.07) is 11.7. The number of benzene rings is 2. The molecule has 1 aliphatic rings. The summed E-state index contributed by atoms with van der Waals surface area (Å²) in [5.41, 5.74) is 1.69. The van der Waals surface area contributed by atoms with Crippen LogP contribution in [0.4, 0.5) is 33.6 Å². The summed E-state index contributed by atoms with van der Waals surface area (Å²) in [5, 5.41) is 9.06. The quantitative estimate of drug-likeness (QED) is 0.435. The SMILES string of the molecule is COc1cc(OC)cc(C2Nc3cnc(Nc4ccccc4NC(=O)OC(C)(C)C)nc3N(C)C2=O)c1. The molecule has 1 aromatic heterocycles. The fourth-order valence-corrected chi connectivity index (χ4v) is 3.76. The smallest absolute Gasteiger partial charge is 0.412 e. The van der Waals surface area contributed by atoms with Crippen molar-refractivity contribution in [3.05, 3.63) is 54.2 Å². The number of likely N-dealkylation sites (N-methyl/N-ethyl adjacent to an activating group) is 1. The maximum Gasteiger partial charge on any atom is 0.412 e. The fraction of sp³-hybridized carbons (Fsp3) is 0.308. The Kier molecular flexibility index (Phi) is 7.05. The molecule has 2 amide bonds. The molecular formula is C26H30N6O5. The third-order valence-electron chi connectivity index (χ3n) is 5.48. The van der Waals surface area contributed by atoms with E-state index in [0.29, 0.717) is 39.9 Å². The van der Waals surface area contributed by atoms with E-state index < -0.39 is 17.7 Å². The predicted molar refractivity (Wildman–Crippen MR) is 141 cm³/mol. The van der Waals surface area contributed by atoms with Crippen molar-refractivity contribution >= 4 is 40.8 Å². The van der Waals surface area contributed by atoms with E-state index in [9.17, 15) is 9.59 Å². The highest BCUT2D eigenvalue weighted by molar-refractivity contribution is 6.04. The first-order valence-electron chi connectivity index (χ1n) is 11.6. The number of carbonyl (C=O) groups excluding carboxylic acids is 2. The summed E-state index contributed by atoms with van der Waals surface area (Å²) in [6.07, 6.45) is 1.02. The van der Waals surface area contributed by atoms with Gasteiger partial charge in [-0.2, -0.15) is 4.98 Å². The van der Waals surface area contributed by atoms with Crippen LogP contribution in [-0.4, -0.2) is 48.8 Å². The molecular weight excluding hydrogens is 476 g/mol. The highest BCUT2D eigenvalue weighted by atomic mass is 16.6. The second kappa shape index (κ2) is 10.2. The van der Waals surface area contributed by atoms with Gasteiger partial charge < -0.3 is 24.8 Å². The number of rotatable bonds is 6. The minimum Gasteiger partial charge on any atom is -0.497 e. The van der Waals surface area contributed by atoms with Crippen molar-refractivity contribution in [2.24, 2.45) is 0 Å². The van der Waals surface area contributed by atoms with Gasteiger partial charge in [0.15, 0.2) is 5.82 Å². The zero-order valence-corrected chi connectivity index (χ0v) is 21.6. The Morgan fingerprint density at radius 3 is 2.32 bits per heavy atom. The van der Waals surface area contributed by atoms with Gasteiger partial charge in [-0.15, -0.1) is 0 Å². The number of para-hydroxylation sites is 2. The number of nitrogens with one attached hydrogen (secondary N) is 3. The Bertz CT molecular complexity index is 1300. The normalized spacial score (nSPS) is 14.8. The second-order valence-electron chi connectivity index (χ2n) is 9.35. The molecule has 2 aromatic carbocycles. The molecule has 2 heterocycles. The number of hydrogen-bond acceptors (Lipinski definition) is 9. The van der Waals surface area contributed by atoms with Gasteiger partial charge in [0.2, 0.25) is 5.95 Å². The topological polar surface area (TPSA) is 127 Å². The number of fused-ring (bicyclic) bond motifs is 1. The standard InChI is InChI=1S/C26H30N6O5/c1-26(2,3)37-25(34)30-19-10-8-7-9-18(19)29-24-27-14-20-22(31-24)32(4)23(33)21(28-20)15-11-16(35-5)13-17(12-15)36-6/h7-14,21,28H,1-6H3,(H,30,34)(H,27,29,31). The number of anilines is 5. The van der Waals surface area contributed by atoms with Gasteiger partial charge in [0.1, 0.15) is 23.1 Å². The first-order chi connectivity index (χ1) is 17.6. The minimum absolute atomic E-state index is 0.209. The number of nitrogens with zero attached hydrogens (tertiary/aromatic N) is 3. The van der Waals surface area contributed by atoms with Crippen molar-refractivity contribution in [2.45, 2.75) is 32.4 Å². The molecule has 3 aromatic rings. The van der Waals surface area contributed by atoms with Gasteiger partial charge in [0.05, 0.1) is 37.5 Å². The van der Waals surface area contributed by atoms with Gasteiger partial charge in [0.25, 0.3) is 5.91 Å². The molecule has 1 aliphatic heterocycles. The van der Waals surface area contributed by atoms with Crippen LogP contribution in [-0.2, 0) is 9.53 Å². The zero-order valence-electron chi connectivity index (χ0n) is 21.6. The molecule has 0 spiro atoms. The molecule has 0 radical (unpaired) electrons. The van der Waals surface area contributed by atoms with Crippen LogP contribution in [0, 0.1) is 0 Å². The van der Waals surface area contributed by atoms with Gasteiger partial charge in [-0.25, -0.2) is 9.78 Å². The van der Waals surface area contributed by atoms with E-state index in [1.165, 1.54) is 4.90 Å². The van der Waals surface area contributed by atoms with Crippen LogP contribution in [0.15, 0.2) is 48.7 Å². The fourth-order valence-electron chi connectivity index (χ4n) is 3.76. The molecule has 0 fully saturated rings. The largest absolute Gasteiger partial charge is 0.497 e. The van der Waals surface area contributed by atoms with Gasteiger partial charge in [0, 0.05) is 13.1 Å². The number of methoxy groups -OCH3 is 2. The van der Waals surface area contributed by atoms with Crippen LogP contribution in [0.3, 0.4) is 0 Å². The summed E-state index contributed by atoms with van der Waals surface area (Å²) in [5.74, 6) is 1.60. The Labute approximate surface area is 215 Å². The highest BCUT2D eigenvalue weighted by Gasteiger charge is 2.33. The average Bonchev–Trinajstić information content (AvgIpc) is 2.86. The van der Waals surface area contributed by atoms with E-state index >= 15 is 0 Å². The van der Waals surface area contributed by atoms with E-state index in [2.05, 4.69) is 25.9 Å². The first-order valence-corrected chi connectivity index (χ1v) is 11.6. The predicted octanol–water partition coefficient (Wildman–Crippen LogP) is 4.71. The molecule has 3 N–H and O–H groups in total. The number of amides is 2. The van der Waals surface area contributed by atoms with Crippen LogP contribution in [0.2, 0.25) is 0 Å². The van der Waals surface area contributed by atoms with Crippen LogP contribution in [0.5, 0.6) is 11.5 Å². The number of carbonyl (C=O) groups is 2. The summed E-state index contributed by atoms with van der Waals surface area (Å²) in [7, 11) is 4.76. The number of hydrogen-bond donors (Lipinski definition) is 3. The molecule has 194 valence electrons. The third-order valence-corrected chi connectivity index (χ3v) is 5.48. The lowest BCUT2D eigenvalue weighted by molar-refractivity contribution is -0.119. The lowest BCUT2D eigenvalue weighted by atomic mass is 10.0. The van der Waals surface area contributed by atoms with Gasteiger partial charge in [-0.05, 0) is 50.6 Å². The molecule has 0 bridgehead atoms. The van der Waals surface area contributed by atoms with Crippen molar-refractivity contribution in [3.8, 4) is 11.5 Å². The Morgan fingerprint density at radius 2 is 1.70 bits per heavy atom. The first kappa shape index (κ1) is 25.5. The van der Waals surface area contributed by atoms with Crippen LogP contribution in [0.1, 0.15) is 32.4 Å². The molecule has 0 saturated carbocycles. The number of aromatic nitrogens is 2. The van der Waals surface area contributed by atoms with Crippen molar-refractivity contribution < 1.29 is 23.8 Å². The molecule has 0 saturated heterocycles. The molecule has 1 atom stereocenters. The number of ether oxygens (including phenoxy) is 3. The van der Waals surface area contributed by atoms with Crippen molar-refractivity contribution in [1.82, 2.24) is 9.97 Å². The third kappa shape index (κ3) is 5.83. The Hall–Kier alpha value is -4.54. The van der Waals surface area contributed by atoms with Crippen LogP contribution in [0.25, 0.3) is 0 Å². The van der Waals surface area contributed by atoms with Crippen LogP contribution >= 0.6 is 0 Å². The molecule has 0 aliphatic carbocycles. The second-order valence-corrected chi connectivity index (χ2v) is 9.35.